The van der Waals surface area contributed by atoms with Crippen molar-refractivity contribution in [2.45, 2.75) is 38.3 Å². The lowest BCUT2D eigenvalue weighted by atomic mass is 10.0. The van der Waals surface area contributed by atoms with Gasteiger partial charge in [0.15, 0.2) is 0 Å². The highest BCUT2D eigenvalue weighted by Crippen LogP contribution is 2.35. The first-order chi connectivity index (χ1) is 7.35. The Morgan fingerprint density at radius 3 is 2.87 bits per heavy atom. The van der Waals surface area contributed by atoms with Gasteiger partial charge in [-0.2, -0.15) is 0 Å². The zero-order valence-corrected chi connectivity index (χ0v) is 10.0. The van der Waals surface area contributed by atoms with Gasteiger partial charge < -0.3 is 10.1 Å². The lowest BCUT2D eigenvalue weighted by Crippen LogP contribution is -2.52. The molecule has 0 amide bonds. The van der Waals surface area contributed by atoms with Crippen LogP contribution in [0.25, 0.3) is 0 Å². The standard InChI is InChI=1S/C12H24N2O/c1-3-6-14-7-8-15-11(9-14)12(13-2)10-4-5-10/h10-13H,3-9H2,1-2H3. The molecule has 1 saturated carbocycles. The van der Waals surface area contributed by atoms with E-state index in [-0.39, 0.29) is 0 Å². The smallest absolute Gasteiger partial charge is 0.0857 e. The van der Waals surface area contributed by atoms with Crippen molar-refractivity contribution in [3.63, 3.8) is 0 Å². The van der Waals surface area contributed by atoms with Crippen LogP contribution < -0.4 is 5.32 Å². The van der Waals surface area contributed by atoms with Gasteiger partial charge in [-0.1, -0.05) is 6.92 Å². The Labute approximate surface area is 93.2 Å². The molecule has 88 valence electrons. The maximum atomic E-state index is 5.90. The molecule has 3 nitrogen and oxygen atoms in total. The Balaban J connectivity index is 1.84. The van der Waals surface area contributed by atoms with Crippen LogP contribution in [-0.2, 0) is 4.74 Å². The summed E-state index contributed by atoms with van der Waals surface area (Å²) in [7, 11) is 2.07. The molecule has 0 spiro atoms. The molecule has 2 rings (SSSR count). The van der Waals surface area contributed by atoms with E-state index in [1.807, 2.05) is 0 Å². The molecule has 0 aromatic rings. The van der Waals surface area contributed by atoms with Crippen LogP contribution >= 0.6 is 0 Å². The average Bonchev–Trinajstić information content (AvgIpc) is 3.04. The normalized spacial score (nSPS) is 30.4. The molecule has 1 aliphatic carbocycles. The molecule has 0 bridgehead atoms. The molecule has 0 aromatic carbocycles. The van der Waals surface area contributed by atoms with Crippen LogP contribution in [0.2, 0.25) is 0 Å². The van der Waals surface area contributed by atoms with Crippen LogP contribution in [0.3, 0.4) is 0 Å². The number of hydrogen-bond acceptors (Lipinski definition) is 3. The van der Waals surface area contributed by atoms with E-state index in [0.29, 0.717) is 12.1 Å². The molecule has 0 radical (unpaired) electrons. The van der Waals surface area contributed by atoms with E-state index >= 15 is 0 Å². The van der Waals surface area contributed by atoms with Crippen molar-refractivity contribution in [2.75, 3.05) is 33.3 Å². The summed E-state index contributed by atoms with van der Waals surface area (Å²) in [6, 6.07) is 0.588. The first-order valence-corrected chi connectivity index (χ1v) is 6.36. The first-order valence-electron chi connectivity index (χ1n) is 6.36. The topological polar surface area (TPSA) is 24.5 Å². The molecule has 0 aromatic heterocycles. The fraction of sp³-hybridized carbons (Fsp3) is 1.00. The Morgan fingerprint density at radius 1 is 1.47 bits per heavy atom. The van der Waals surface area contributed by atoms with E-state index in [4.69, 9.17) is 4.74 Å². The van der Waals surface area contributed by atoms with E-state index < -0.39 is 0 Å². The van der Waals surface area contributed by atoms with Gasteiger partial charge in [0.2, 0.25) is 0 Å². The monoisotopic (exact) mass is 212 g/mol. The van der Waals surface area contributed by atoms with Crippen molar-refractivity contribution in [2.24, 2.45) is 5.92 Å². The Morgan fingerprint density at radius 2 is 2.27 bits per heavy atom. The van der Waals surface area contributed by atoms with Crippen LogP contribution in [0.4, 0.5) is 0 Å². The van der Waals surface area contributed by atoms with Crippen molar-refractivity contribution < 1.29 is 4.74 Å². The van der Waals surface area contributed by atoms with E-state index in [9.17, 15) is 0 Å². The minimum absolute atomic E-state index is 0.419. The third-order valence-corrected chi connectivity index (χ3v) is 3.58. The van der Waals surface area contributed by atoms with Crippen molar-refractivity contribution in [1.29, 1.82) is 0 Å². The summed E-state index contributed by atoms with van der Waals surface area (Å²) in [4.78, 5) is 2.54. The van der Waals surface area contributed by atoms with E-state index in [1.165, 1.54) is 25.8 Å². The molecule has 1 aliphatic heterocycles. The Kier molecular flexibility index (Phi) is 4.00. The highest BCUT2D eigenvalue weighted by Gasteiger charge is 2.37. The molecule has 1 saturated heterocycles. The second kappa shape index (κ2) is 5.28. The molecule has 3 heteroatoms. The van der Waals surface area contributed by atoms with E-state index in [2.05, 4.69) is 24.2 Å². The van der Waals surface area contributed by atoms with Gasteiger partial charge in [0.05, 0.1) is 12.7 Å². The van der Waals surface area contributed by atoms with Crippen molar-refractivity contribution in [1.82, 2.24) is 10.2 Å². The third-order valence-electron chi connectivity index (χ3n) is 3.58. The predicted octanol–water partition coefficient (Wildman–Crippen LogP) is 1.10. The second-order valence-corrected chi connectivity index (χ2v) is 4.86. The Hall–Kier alpha value is -0.120. The number of morpholine rings is 1. The summed E-state index contributed by atoms with van der Waals surface area (Å²) in [5.41, 5.74) is 0. The predicted molar refractivity (Wildman–Crippen MR) is 62.0 cm³/mol. The molecule has 1 heterocycles. The minimum Gasteiger partial charge on any atom is -0.374 e. The van der Waals surface area contributed by atoms with Crippen molar-refractivity contribution in [3.05, 3.63) is 0 Å². The second-order valence-electron chi connectivity index (χ2n) is 4.86. The summed E-state index contributed by atoms with van der Waals surface area (Å²) < 4.78 is 5.90. The minimum atomic E-state index is 0.419. The quantitative estimate of drug-likeness (QED) is 0.738. The molecule has 1 N–H and O–H groups in total. The largest absolute Gasteiger partial charge is 0.374 e. The molecule has 2 unspecified atom stereocenters. The number of rotatable bonds is 5. The average molecular weight is 212 g/mol. The summed E-state index contributed by atoms with van der Waals surface area (Å²) >= 11 is 0. The van der Waals surface area contributed by atoms with Gasteiger partial charge in [0, 0.05) is 19.1 Å². The van der Waals surface area contributed by atoms with Crippen LogP contribution in [0.5, 0.6) is 0 Å². The summed E-state index contributed by atoms with van der Waals surface area (Å²) in [6.07, 6.45) is 4.45. The fourth-order valence-electron chi connectivity index (χ4n) is 2.65. The summed E-state index contributed by atoms with van der Waals surface area (Å²) in [6.45, 7) is 6.62. The number of nitrogens with zero attached hydrogens (tertiary/aromatic N) is 1. The van der Waals surface area contributed by atoms with Crippen LogP contribution in [0, 0.1) is 5.92 Å². The van der Waals surface area contributed by atoms with Gasteiger partial charge in [-0.15, -0.1) is 0 Å². The molecule has 2 atom stereocenters. The molecule has 2 fully saturated rings. The van der Waals surface area contributed by atoms with E-state index in [0.717, 1.165) is 25.6 Å². The van der Waals surface area contributed by atoms with Crippen molar-refractivity contribution >= 4 is 0 Å². The number of likely N-dealkylation sites (N-methyl/N-ethyl adjacent to an activating group) is 1. The molecular formula is C12H24N2O. The summed E-state index contributed by atoms with van der Waals surface area (Å²) in [5, 5.41) is 3.44. The zero-order valence-electron chi connectivity index (χ0n) is 10.0. The Bertz CT molecular complexity index is 192. The first kappa shape index (κ1) is 11.4. The van der Waals surface area contributed by atoms with Crippen LogP contribution in [0.15, 0.2) is 0 Å². The lowest BCUT2D eigenvalue weighted by Gasteiger charge is -2.37. The highest BCUT2D eigenvalue weighted by atomic mass is 16.5. The maximum absolute atomic E-state index is 5.90. The van der Waals surface area contributed by atoms with Crippen LogP contribution in [0.1, 0.15) is 26.2 Å². The van der Waals surface area contributed by atoms with Gasteiger partial charge in [-0.05, 0) is 38.8 Å². The molecule has 15 heavy (non-hydrogen) atoms. The fourth-order valence-corrected chi connectivity index (χ4v) is 2.65. The maximum Gasteiger partial charge on any atom is 0.0857 e. The van der Waals surface area contributed by atoms with Gasteiger partial charge in [0.25, 0.3) is 0 Å². The third kappa shape index (κ3) is 2.92. The number of hydrogen-bond donors (Lipinski definition) is 1. The number of nitrogens with one attached hydrogen (secondary N) is 1. The van der Waals surface area contributed by atoms with Crippen molar-refractivity contribution in [3.8, 4) is 0 Å². The zero-order chi connectivity index (χ0) is 10.7. The van der Waals surface area contributed by atoms with E-state index in [1.54, 1.807) is 0 Å². The van der Waals surface area contributed by atoms with Gasteiger partial charge >= 0.3 is 0 Å². The number of ether oxygens (including phenoxy) is 1. The molecule has 2 aliphatic rings. The van der Waals surface area contributed by atoms with Gasteiger partial charge in [-0.3, -0.25) is 4.90 Å². The van der Waals surface area contributed by atoms with Gasteiger partial charge in [-0.25, -0.2) is 0 Å². The summed E-state index contributed by atoms with van der Waals surface area (Å²) in [5.74, 6) is 0.876. The molecular weight excluding hydrogens is 188 g/mol. The van der Waals surface area contributed by atoms with Crippen LogP contribution in [-0.4, -0.2) is 50.3 Å². The van der Waals surface area contributed by atoms with Gasteiger partial charge in [0.1, 0.15) is 0 Å². The SMILES string of the molecule is CCCN1CCOC(C(NC)C2CC2)C1. The lowest BCUT2D eigenvalue weighted by molar-refractivity contribution is -0.0487. The highest BCUT2D eigenvalue weighted by molar-refractivity contribution is 4.93.